The molecule has 1 rings (SSSR count). The number of hydrogen-bond acceptors (Lipinski definition) is 3. The van der Waals surface area contributed by atoms with Crippen LogP contribution in [-0.2, 0) is 0 Å². The molecule has 0 aliphatic carbocycles. The van der Waals surface area contributed by atoms with Gasteiger partial charge in [0.15, 0.2) is 0 Å². The van der Waals surface area contributed by atoms with Crippen LogP contribution in [0.3, 0.4) is 0 Å². The van der Waals surface area contributed by atoms with E-state index < -0.39 is 0 Å². The van der Waals surface area contributed by atoms with Gasteiger partial charge in [-0.2, -0.15) is 0 Å². The summed E-state index contributed by atoms with van der Waals surface area (Å²) in [4.78, 5) is 8.02. The van der Waals surface area contributed by atoms with Crippen molar-refractivity contribution in [3.63, 3.8) is 0 Å². The number of aromatic nitrogens is 2. The quantitative estimate of drug-likeness (QED) is 0.631. The number of allylic oxidation sites excluding steroid dienone is 1. The van der Waals surface area contributed by atoms with E-state index in [0.29, 0.717) is 10.8 Å². The summed E-state index contributed by atoms with van der Waals surface area (Å²) in [7, 11) is 0. The molecule has 1 heterocycles. The SMILES string of the molecule is C=CCC(C)c1c(Cl)nc(N)nc1C=C. The van der Waals surface area contributed by atoms with Crippen LogP contribution in [0.1, 0.15) is 30.5 Å². The van der Waals surface area contributed by atoms with Gasteiger partial charge in [-0.3, -0.25) is 0 Å². The molecule has 0 saturated heterocycles. The molecular weight excluding hydrogens is 210 g/mol. The van der Waals surface area contributed by atoms with Gasteiger partial charge in [0.05, 0.1) is 5.69 Å². The Hall–Kier alpha value is -1.35. The number of rotatable bonds is 4. The molecule has 0 aliphatic rings. The minimum Gasteiger partial charge on any atom is -0.368 e. The second-order valence-corrected chi connectivity index (χ2v) is 3.66. The Morgan fingerprint density at radius 1 is 1.47 bits per heavy atom. The third-order valence-electron chi connectivity index (χ3n) is 2.15. The van der Waals surface area contributed by atoms with E-state index in [1.54, 1.807) is 6.08 Å². The third kappa shape index (κ3) is 2.57. The predicted octanol–water partition coefficient (Wildman–Crippen LogP) is 3.03. The van der Waals surface area contributed by atoms with Gasteiger partial charge in [0.25, 0.3) is 0 Å². The van der Waals surface area contributed by atoms with Crippen molar-refractivity contribution in [1.82, 2.24) is 9.97 Å². The number of nitrogen functional groups attached to an aromatic ring is 1. The molecule has 2 N–H and O–H groups in total. The maximum absolute atomic E-state index is 6.03. The van der Waals surface area contributed by atoms with E-state index >= 15 is 0 Å². The monoisotopic (exact) mass is 223 g/mol. The Morgan fingerprint density at radius 2 is 2.13 bits per heavy atom. The highest BCUT2D eigenvalue weighted by Gasteiger charge is 2.15. The number of halogens is 1. The average Bonchev–Trinajstić information content (AvgIpc) is 2.16. The first kappa shape index (κ1) is 11.7. The summed E-state index contributed by atoms with van der Waals surface area (Å²) < 4.78 is 0. The van der Waals surface area contributed by atoms with E-state index in [0.717, 1.165) is 12.0 Å². The van der Waals surface area contributed by atoms with Crippen LogP contribution in [0.2, 0.25) is 5.15 Å². The second kappa shape index (κ2) is 4.94. The van der Waals surface area contributed by atoms with Crippen LogP contribution in [0, 0.1) is 0 Å². The molecule has 1 aromatic heterocycles. The number of hydrogen-bond donors (Lipinski definition) is 1. The van der Waals surface area contributed by atoms with Crippen LogP contribution < -0.4 is 5.73 Å². The Bertz CT molecular complexity index is 388. The van der Waals surface area contributed by atoms with E-state index in [2.05, 4.69) is 23.1 Å². The Kier molecular flexibility index (Phi) is 3.86. The summed E-state index contributed by atoms with van der Waals surface area (Å²) in [6, 6.07) is 0. The molecule has 80 valence electrons. The lowest BCUT2D eigenvalue weighted by molar-refractivity contribution is 0.768. The van der Waals surface area contributed by atoms with E-state index in [9.17, 15) is 0 Å². The van der Waals surface area contributed by atoms with Gasteiger partial charge in [-0.1, -0.05) is 31.2 Å². The van der Waals surface area contributed by atoms with Gasteiger partial charge in [0.1, 0.15) is 5.15 Å². The average molecular weight is 224 g/mol. The molecule has 0 aliphatic heterocycles. The molecular formula is C11H14ClN3. The smallest absolute Gasteiger partial charge is 0.221 e. The molecule has 0 spiro atoms. The topological polar surface area (TPSA) is 51.8 Å². The summed E-state index contributed by atoms with van der Waals surface area (Å²) in [5.41, 5.74) is 7.08. The van der Waals surface area contributed by atoms with Crippen molar-refractivity contribution in [2.24, 2.45) is 0 Å². The highest BCUT2D eigenvalue weighted by atomic mass is 35.5. The fraction of sp³-hybridized carbons (Fsp3) is 0.273. The van der Waals surface area contributed by atoms with Crippen molar-refractivity contribution < 1.29 is 0 Å². The van der Waals surface area contributed by atoms with E-state index in [4.69, 9.17) is 17.3 Å². The van der Waals surface area contributed by atoms with Crippen LogP contribution in [-0.4, -0.2) is 9.97 Å². The van der Waals surface area contributed by atoms with Gasteiger partial charge in [-0.05, 0) is 18.4 Å². The van der Waals surface area contributed by atoms with Crippen LogP contribution in [0.4, 0.5) is 5.95 Å². The van der Waals surface area contributed by atoms with Crippen molar-refractivity contribution >= 4 is 23.6 Å². The van der Waals surface area contributed by atoms with Crippen molar-refractivity contribution in [3.8, 4) is 0 Å². The van der Waals surface area contributed by atoms with E-state index in [1.807, 2.05) is 13.0 Å². The van der Waals surface area contributed by atoms with Gasteiger partial charge in [0.2, 0.25) is 5.95 Å². The molecule has 4 heteroatoms. The largest absolute Gasteiger partial charge is 0.368 e. The summed E-state index contributed by atoms with van der Waals surface area (Å²) in [6.45, 7) is 9.42. The van der Waals surface area contributed by atoms with Crippen LogP contribution in [0.15, 0.2) is 19.2 Å². The molecule has 15 heavy (non-hydrogen) atoms. The van der Waals surface area contributed by atoms with Crippen molar-refractivity contribution in [1.29, 1.82) is 0 Å². The van der Waals surface area contributed by atoms with Gasteiger partial charge in [0, 0.05) is 5.56 Å². The van der Waals surface area contributed by atoms with Gasteiger partial charge >= 0.3 is 0 Å². The van der Waals surface area contributed by atoms with Crippen molar-refractivity contribution in [2.45, 2.75) is 19.3 Å². The Morgan fingerprint density at radius 3 is 2.67 bits per heavy atom. The first-order valence-corrected chi connectivity index (χ1v) is 5.04. The lowest BCUT2D eigenvalue weighted by atomic mass is 9.97. The molecule has 0 aromatic carbocycles. The van der Waals surface area contributed by atoms with Crippen LogP contribution in [0.25, 0.3) is 6.08 Å². The standard InChI is InChI=1S/C11H14ClN3/c1-4-6-7(3)9-8(5-2)14-11(13)15-10(9)12/h4-5,7H,1-2,6H2,3H3,(H2,13,14,15). The van der Waals surface area contributed by atoms with Crippen LogP contribution >= 0.6 is 11.6 Å². The minimum atomic E-state index is 0.171. The van der Waals surface area contributed by atoms with Crippen molar-refractivity contribution in [3.05, 3.63) is 35.6 Å². The molecule has 1 aromatic rings. The molecule has 1 atom stereocenters. The maximum atomic E-state index is 6.03. The molecule has 0 radical (unpaired) electrons. The number of anilines is 1. The number of nitrogens with zero attached hydrogens (tertiary/aromatic N) is 2. The Balaban J connectivity index is 3.25. The molecule has 0 amide bonds. The molecule has 0 fully saturated rings. The van der Waals surface area contributed by atoms with E-state index in [-0.39, 0.29) is 11.9 Å². The molecule has 0 saturated carbocycles. The first-order chi connectivity index (χ1) is 7.10. The highest BCUT2D eigenvalue weighted by Crippen LogP contribution is 2.29. The third-order valence-corrected chi connectivity index (χ3v) is 2.44. The number of nitrogens with two attached hydrogens (primary N) is 1. The summed E-state index contributed by atoms with van der Waals surface area (Å²) in [5.74, 6) is 0.382. The second-order valence-electron chi connectivity index (χ2n) is 3.30. The van der Waals surface area contributed by atoms with E-state index in [1.165, 1.54) is 0 Å². The summed E-state index contributed by atoms with van der Waals surface area (Å²) in [6.07, 6.45) is 4.29. The zero-order valence-corrected chi connectivity index (χ0v) is 9.46. The lowest BCUT2D eigenvalue weighted by Gasteiger charge is -2.13. The van der Waals surface area contributed by atoms with Gasteiger partial charge < -0.3 is 5.73 Å². The fourth-order valence-electron chi connectivity index (χ4n) is 1.45. The van der Waals surface area contributed by atoms with Gasteiger partial charge in [-0.15, -0.1) is 6.58 Å². The summed E-state index contributed by atoms with van der Waals surface area (Å²) in [5, 5.41) is 0.395. The zero-order chi connectivity index (χ0) is 11.4. The molecule has 0 bridgehead atoms. The molecule has 1 unspecified atom stereocenters. The minimum absolute atomic E-state index is 0.171. The van der Waals surface area contributed by atoms with Crippen LogP contribution in [0.5, 0.6) is 0 Å². The lowest BCUT2D eigenvalue weighted by Crippen LogP contribution is -2.05. The van der Waals surface area contributed by atoms with Crippen molar-refractivity contribution in [2.75, 3.05) is 5.73 Å². The highest BCUT2D eigenvalue weighted by molar-refractivity contribution is 6.30. The maximum Gasteiger partial charge on any atom is 0.221 e. The predicted molar refractivity (Wildman–Crippen MR) is 64.8 cm³/mol. The molecule has 3 nitrogen and oxygen atoms in total. The summed E-state index contributed by atoms with van der Waals surface area (Å²) >= 11 is 6.03. The Labute approximate surface area is 94.7 Å². The van der Waals surface area contributed by atoms with Gasteiger partial charge in [-0.25, -0.2) is 9.97 Å². The first-order valence-electron chi connectivity index (χ1n) is 4.66. The fourth-order valence-corrected chi connectivity index (χ4v) is 1.82. The normalized spacial score (nSPS) is 12.1. The zero-order valence-electron chi connectivity index (χ0n) is 8.70.